The van der Waals surface area contributed by atoms with E-state index in [9.17, 15) is 4.79 Å². The van der Waals surface area contributed by atoms with E-state index in [0.717, 1.165) is 23.9 Å². The van der Waals surface area contributed by atoms with E-state index < -0.39 is 0 Å². The summed E-state index contributed by atoms with van der Waals surface area (Å²) in [6.45, 7) is 3.17. The molecule has 0 spiro atoms. The van der Waals surface area contributed by atoms with Gasteiger partial charge in [0.25, 0.3) is 0 Å². The van der Waals surface area contributed by atoms with Crippen LogP contribution < -0.4 is 0 Å². The molecule has 2 rings (SSSR count). The average molecular weight is 288 g/mol. The van der Waals surface area contributed by atoms with Gasteiger partial charge >= 0.3 is 5.97 Å². The number of benzene rings is 1. The number of methoxy groups -OCH3 is 1. The minimum atomic E-state index is -0.317. The number of carbonyl (C=O) groups is 1. The van der Waals surface area contributed by atoms with Gasteiger partial charge in [0.2, 0.25) is 0 Å². The second kappa shape index (κ2) is 7.81. The first-order valence-corrected chi connectivity index (χ1v) is 7.80. The Bertz CT molecular complexity index is 589. The van der Waals surface area contributed by atoms with Gasteiger partial charge in [0.1, 0.15) is 0 Å². The van der Waals surface area contributed by atoms with Crippen LogP contribution in [0.1, 0.15) is 55.8 Å². The van der Waals surface area contributed by atoms with Gasteiger partial charge in [-0.2, -0.15) is 5.10 Å². The SMILES string of the molecule is CCCCCCCCn1cc2ccc(C(=O)OC)cc2n1. The minimum absolute atomic E-state index is 0.317. The normalized spacial score (nSPS) is 11.0. The summed E-state index contributed by atoms with van der Waals surface area (Å²) in [6, 6.07) is 5.50. The summed E-state index contributed by atoms with van der Waals surface area (Å²) in [6.07, 6.45) is 9.71. The number of hydrogen-bond acceptors (Lipinski definition) is 3. The van der Waals surface area contributed by atoms with Crippen molar-refractivity contribution in [1.29, 1.82) is 0 Å². The van der Waals surface area contributed by atoms with Crippen LogP contribution in [0.5, 0.6) is 0 Å². The first kappa shape index (κ1) is 15.5. The number of rotatable bonds is 8. The quantitative estimate of drug-likeness (QED) is 0.540. The predicted octanol–water partition coefficient (Wildman–Crippen LogP) is 4.18. The largest absolute Gasteiger partial charge is 0.465 e. The van der Waals surface area contributed by atoms with Crippen LogP contribution >= 0.6 is 0 Å². The Balaban J connectivity index is 1.91. The average Bonchev–Trinajstić information content (AvgIpc) is 2.91. The van der Waals surface area contributed by atoms with Gasteiger partial charge in [-0.05, 0) is 18.6 Å². The van der Waals surface area contributed by atoms with Gasteiger partial charge in [0.15, 0.2) is 0 Å². The molecule has 114 valence electrons. The van der Waals surface area contributed by atoms with Crippen LogP contribution in [-0.4, -0.2) is 22.9 Å². The smallest absolute Gasteiger partial charge is 0.337 e. The third kappa shape index (κ3) is 4.31. The van der Waals surface area contributed by atoms with Gasteiger partial charge in [-0.3, -0.25) is 4.68 Å². The molecule has 0 atom stereocenters. The van der Waals surface area contributed by atoms with Crippen LogP contribution in [0.4, 0.5) is 0 Å². The van der Waals surface area contributed by atoms with Crippen LogP contribution in [0.3, 0.4) is 0 Å². The molecular formula is C17H24N2O2. The lowest BCUT2D eigenvalue weighted by Gasteiger charge is -2.01. The van der Waals surface area contributed by atoms with Gasteiger partial charge in [-0.1, -0.05) is 45.1 Å². The number of carbonyl (C=O) groups excluding carboxylic acids is 1. The fourth-order valence-corrected chi connectivity index (χ4v) is 2.48. The summed E-state index contributed by atoms with van der Waals surface area (Å²) in [5.41, 5.74) is 1.40. The van der Waals surface area contributed by atoms with E-state index >= 15 is 0 Å². The van der Waals surface area contributed by atoms with E-state index in [4.69, 9.17) is 4.74 Å². The first-order chi connectivity index (χ1) is 10.2. The fourth-order valence-electron chi connectivity index (χ4n) is 2.48. The zero-order valence-corrected chi connectivity index (χ0v) is 13.0. The summed E-state index contributed by atoms with van der Waals surface area (Å²) in [4.78, 5) is 11.5. The number of fused-ring (bicyclic) bond motifs is 1. The molecule has 0 fully saturated rings. The summed E-state index contributed by atoms with van der Waals surface area (Å²) < 4.78 is 6.71. The summed E-state index contributed by atoms with van der Waals surface area (Å²) >= 11 is 0. The predicted molar refractivity (Wildman–Crippen MR) is 84.4 cm³/mol. The maximum absolute atomic E-state index is 11.5. The molecule has 0 aliphatic rings. The van der Waals surface area contributed by atoms with Crippen molar-refractivity contribution in [2.24, 2.45) is 0 Å². The molecule has 0 aliphatic heterocycles. The van der Waals surface area contributed by atoms with Crippen LogP contribution in [0.25, 0.3) is 10.9 Å². The Morgan fingerprint density at radius 3 is 2.71 bits per heavy atom. The van der Waals surface area contributed by atoms with Crippen molar-refractivity contribution in [1.82, 2.24) is 9.78 Å². The Hall–Kier alpha value is -1.84. The van der Waals surface area contributed by atoms with E-state index in [-0.39, 0.29) is 5.97 Å². The summed E-state index contributed by atoms with van der Waals surface area (Å²) in [7, 11) is 1.39. The summed E-state index contributed by atoms with van der Waals surface area (Å²) in [5, 5.41) is 5.60. The topological polar surface area (TPSA) is 44.1 Å². The Morgan fingerprint density at radius 1 is 1.19 bits per heavy atom. The van der Waals surface area contributed by atoms with Crippen molar-refractivity contribution in [2.75, 3.05) is 7.11 Å². The molecule has 21 heavy (non-hydrogen) atoms. The number of unbranched alkanes of at least 4 members (excludes halogenated alkanes) is 5. The molecule has 0 bridgehead atoms. The highest BCUT2D eigenvalue weighted by Gasteiger charge is 2.08. The van der Waals surface area contributed by atoms with Crippen molar-refractivity contribution in [3.8, 4) is 0 Å². The second-order valence-corrected chi connectivity index (χ2v) is 5.43. The van der Waals surface area contributed by atoms with Crippen LogP contribution in [0.2, 0.25) is 0 Å². The lowest BCUT2D eigenvalue weighted by atomic mass is 10.1. The van der Waals surface area contributed by atoms with Crippen molar-refractivity contribution < 1.29 is 9.53 Å². The number of aryl methyl sites for hydroxylation is 1. The van der Waals surface area contributed by atoms with Gasteiger partial charge in [0.05, 0.1) is 18.2 Å². The maximum Gasteiger partial charge on any atom is 0.337 e. The minimum Gasteiger partial charge on any atom is -0.465 e. The molecule has 0 radical (unpaired) electrons. The molecule has 4 nitrogen and oxygen atoms in total. The molecule has 1 aromatic carbocycles. The van der Waals surface area contributed by atoms with E-state index in [0.29, 0.717) is 5.56 Å². The standard InChI is InChI=1S/C17H24N2O2/c1-3-4-5-6-7-8-11-19-13-15-10-9-14(17(20)21-2)12-16(15)18-19/h9-10,12-13H,3-8,11H2,1-2H3. The second-order valence-electron chi connectivity index (χ2n) is 5.43. The Morgan fingerprint density at radius 2 is 1.95 bits per heavy atom. The molecule has 4 heteroatoms. The zero-order chi connectivity index (χ0) is 15.1. The molecule has 0 unspecified atom stereocenters. The Labute approximate surface area is 126 Å². The highest BCUT2D eigenvalue weighted by atomic mass is 16.5. The molecule has 0 saturated carbocycles. The Kier molecular flexibility index (Phi) is 5.78. The molecule has 0 aliphatic carbocycles. The lowest BCUT2D eigenvalue weighted by Crippen LogP contribution is -2.00. The van der Waals surface area contributed by atoms with Crippen LogP contribution in [0, 0.1) is 0 Å². The van der Waals surface area contributed by atoms with E-state index in [1.807, 2.05) is 16.9 Å². The molecule has 0 N–H and O–H groups in total. The molecule has 1 heterocycles. The third-order valence-corrected chi connectivity index (χ3v) is 3.72. The molecular weight excluding hydrogens is 264 g/mol. The van der Waals surface area contributed by atoms with E-state index in [2.05, 4.69) is 12.0 Å². The first-order valence-electron chi connectivity index (χ1n) is 7.80. The number of ether oxygens (including phenoxy) is 1. The number of esters is 1. The number of hydrogen-bond donors (Lipinski definition) is 0. The van der Waals surface area contributed by atoms with Gasteiger partial charge in [0, 0.05) is 18.1 Å². The zero-order valence-electron chi connectivity index (χ0n) is 13.0. The van der Waals surface area contributed by atoms with Crippen LogP contribution in [0.15, 0.2) is 24.4 Å². The van der Waals surface area contributed by atoms with Gasteiger partial charge in [-0.15, -0.1) is 0 Å². The molecule has 2 aromatic rings. The lowest BCUT2D eigenvalue weighted by molar-refractivity contribution is 0.0601. The van der Waals surface area contributed by atoms with Crippen molar-refractivity contribution in [3.05, 3.63) is 30.0 Å². The highest BCUT2D eigenvalue weighted by molar-refractivity contribution is 5.94. The van der Waals surface area contributed by atoms with Crippen molar-refractivity contribution in [3.63, 3.8) is 0 Å². The fraction of sp³-hybridized carbons (Fsp3) is 0.529. The van der Waals surface area contributed by atoms with E-state index in [1.54, 1.807) is 12.1 Å². The molecule has 0 saturated heterocycles. The van der Waals surface area contributed by atoms with E-state index in [1.165, 1.54) is 39.2 Å². The highest BCUT2D eigenvalue weighted by Crippen LogP contribution is 2.16. The number of aromatic nitrogens is 2. The van der Waals surface area contributed by atoms with Crippen molar-refractivity contribution in [2.45, 2.75) is 52.0 Å². The third-order valence-electron chi connectivity index (χ3n) is 3.72. The monoisotopic (exact) mass is 288 g/mol. The summed E-state index contributed by atoms with van der Waals surface area (Å²) in [5.74, 6) is -0.317. The van der Waals surface area contributed by atoms with Gasteiger partial charge in [-0.25, -0.2) is 4.79 Å². The van der Waals surface area contributed by atoms with Crippen molar-refractivity contribution >= 4 is 16.9 Å². The maximum atomic E-state index is 11.5. The molecule has 0 amide bonds. The number of nitrogens with zero attached hydrogens (tertiary/aromatic N) is 2. The molecule has 1 aromatic heterocycles. The van der Waals surface area contributed by atoms with Crippen LogP contribution in [-0.2, 0) is 11.3 Å². The van der Waals surface area contributed by atoms with Gasteiger partial charge < -0.3 is 4.74 Å².